The minimum Gasteiger partial charge on any atom is -0.497 e. The first kappa shape index (κ1) is 17.3. The van der Waals surface area contributed by atoms with E-state index in [2.05, 4.69) is 0 Å². The summed E-state index contributed by atoms with van der Waals surface area (Å²) in [7, 11) is -0.302. The van der Waals surface area contributed by atoms with Gasteiger partial charge in [0.1, 0.15) is 15.7 Å². The molecule has 1 aliphatic heterocycles. The van der Waals surface area contributed by atoms with Crippen LogP contribution in [-0.4, -0.2) is 33.5 Å². The number of benzene rings is 1. The third-order valence-corrected chi connectivity index (χ3v) is 7.66. The molecule has 0 aliphatic carbocycles. The summed E-state index contributed by atoms with van der Waals surface area (Å²) in [5.41, 5.74) is 0.882. The second-order valence-corrected chi connectivity index (χ2v) is 9.15. The maximum Gasteiger partial charge on any atom is 0.253 e. The predicted octanol–water partition coefficient (Wildman–Crippen LogP) is 3.60. The molecular formula is C17H21NO4S2. The average Bonchev–Trinajstić information content (AvgIpc) is 3.23. The zero-order valence-electron chi connectivity index (χ0n) is 14.0. The van der Waals surface area contributed by atoms with E-state index in [-0.39, 0.29) is 6.04 Å². The Labute approximate surface area is 146 Å². The Morgan fingerprint density at radius 2 is 1.96 bits per heavy atom. The van der Waals surface area contributed by atoms with Crippen molar-refractivity contribution in [2.45, 2.75) is 30.0 Å². The van der Waals surface area contributed by atoms with Gasteiger partial charge in [-0.15, -0.1) is 11.3 Å². The molecule has 0 amide bonds. The van der Waals surface area contributed by atoms with Crippen LogP contribution in [0.25, 0.3) is 0 Å². The summed E-state index contributed by atoms with van der Waals surface area (Å²) in [5.74, 6) is 1.35. The van der Waals surface area contributed by atoms with E-state index in [1.54, 1.807) is 30.7 Å². The Hall–Kier alpha value is -1.57. The van der Waals surface area contributed by atoms with Crippen molar-refractivity contribution in [1.29, 1.82) is 0 Å². The van der Waals surface area contributed by atoms with Crippen LogP contribution < -0.4 is 9.47 Å². The molecule has 1 atom stereocenters. The van der Waals surface area contributed by atoms with E-state index in [1.165, 1.54) is 11.3 Å². The number of hydrogen-bond donors (Lipinski definition) is 0. The van der Waals surface area contributed by atoms with Gasteiger partial charge in [0, 0.05) is 23.1 Å². The van der Waals surface area contributed by atoms with Crippen molar-refractivity contribution in [2.75, 3.05) is 20.8 Å². The highest BCUT2D eigenvalue weighted by molar-refractivity contribution is 7.91. The summed E-state index contributed by atoms with van der Waals surface area (Å²) in [6, 6.07) is 8.87. The lowest BCUT2D eigenvalue weighted by atomic mass is 10.0. The van der Waals surface area contributed by atoms with Gasteiger partial charge in [0.15, 0.2) is 0 Å². The van der Waals surface area contributed by atoms with Crippen molar-refractivity contribution in [3.63, 3.8) is 0 Å². The number of nitrogens with zero attached hydrogens (tertiary/aromatic N) is 1. The van der Waals surface area contributed by atoms with Gasteiger partial charge in [-0.3, -0.25) is 0 Å². The standard InChI is InChI=1S/C17H21NO4S2/c1-12-6-9-17(23-12)24(19,20)18-10-4-5-15(18)14-8-7-13(21-2)11-16(14)22-3/h6-9,11,15H,4-5,10H2,1-3H3. The van der Waals surface area contributed by atoms with Crippen molar-refractivity contribution >= 4 is 21.4 Å². The van der Waals surface area contributed by atoms with Gasteiger partial charge in [-0.2, -0.15) is 4.31 Å². The fraction of sp³-hybridized carbons (Fsp3) is 0.412. The highest BCUT2D eigenvalue weighted by Gasteiger charge is 2.38. The van der Waals surface area contributed by atoms with Gasteiger partial charge in [0.25, 0.3) is 10.0 Å². The Kier molecular flexibility index (Phi) is 4.85. The van der Waals surface area contributed by atoms with Crippen LogP contribution in [0.4, 0.5) is 0 Å². The number of methoxy groups -OCH3 is 2. The van der Waals surface area contributed by atoms with E-state index in [4.69, 9.17) is 9.47 Å². The first-order valence-electron chi connectivity index (χ1n) is 7.77. The molecule has 0 saturated carbocycles. The van der Waals surface area contributed by atoms with Gasteiger partial charge in [-0.25, -0.2) is 8.42 Å². The third kappa shape index (κ3) is 3.03. The molecule has 0 N–H and O–H groups in total. The van der Waals surface area contributed by atoms with Gasteiger partial charge < -0.3 is 9.47 Å². The molecule has 1 aliphatic rings. The number of rotatable bonds is 5. The molecule has 7 heteroatoms. The lowest BCUT2D eigenvalue weighted by molar-refractivity contribution is 0.361. The van der Waals surface area contributed by atoms with E-state index >= 15 is 0 Å². The van der Waals surface area contributed by atoms with Crippen LogP contribution in [0.3, 0.4) is 0 Å². The molecule has 130 valence electrons. The molecule has 3 rings (SSSR count). The summed E-state index contributed by atoms with van der Waals surface area (Å²) < 4.78 is 38.8. The van der Waals surface area contributed by atoms with Gasteiger partial charge >= 0.3 is 0 Å². The molecule has 2 heterocycles. The smallest absolute Gasteiger partial charge is 0.253 e. The van der Waals surface area contributed by atoms with Gasteiger partial charge in [0.2, 0.25) is 0 Å². The molecule has 2 aromatic rings. The Morgan fingerprint density at radius 3 is 2.58 bits per heavy atom. The Morgan fingerprint density at radius 1 is 1.17 bits per heavy atom. The lowest BCUT2D eigenvalue weighted by Gasteiger charge is -2.25. The number of hydrogen-bond acceptors (Lipinski definition) is 5. The highest BCUT2D eigenvalue weighted by atomic mass is 32.2. The minimum absolute atomic E-state index is 0.210. The van der Waals surface area contributed by atoms with Crippen LogP contribution in [-0.2, 0) is 10.0 Å². The molecule has 0 radical (unpaired) electrons. The fourth-order valence-electron chi connectivity index (χ4n) is 3.10. The summed E-state index contributed by atoms with van der Waals surface area (Å²) >= 11 is 1.31. The number of sulfonamides is 1. The van der Waals surface area contributed by atoms with Gasteiger partial charge in [0.05, 0.1) is 20.3 Å². The summed E-state index contributed by atoms with van der Waals surface area (Å²) in [5, 5.41) is 0. The number of aryl methyl sites for hydroxylation is 1. The molecule has 1 aromatic heterocycles. The molecule has 1 saturated heterocycles. The van der Waals surface area contributed by atoms with Crippen LogP contribution in [0.2, 0.25) is 0 Å². The van der Waals surface area contributed by atoms with Crippen molar-refractivity contribution in [3.05, 3.63) is 40.8 Å². The molecule has 1 unspecified atom stereocenters. The normalized spacial score (nSPS) is 18.7. The van der Waals surface area contributed by atoms with Gasteiger partial charge in [-0.1, -0.05) is 6.07 Å². The maximum absolute atomic E-state index is 13.0. The number of thiophene rings is 1. The molecule has 0 bridgehead atoms. The summed E-state index contributed by atoms with van der Waals surface area (Å²) in [6.07, 6.45) is 1.62. The van der Waals surface area contributed by atoms with Crippen molar-refractivity contribution < 1.29 is 17.9 Å². The molecule has 5 nitrogen and oxygen atoms in total. The third-order valence-electron chi connectivity index (χ3n) is 4.28. The zero-order valence-corrected chi connectivity index (χ0v) is 15.6. The van der Waals surface area contributed by atoms with E-state index in [0.717, 1.165) is 23.3 Å². The van der Waals surface area contributed by atoms with Crippen LogP contribution in [0, 0.1) is 6.92 Å². The SMILES string of the molecule is COc1ccc(C2CCCN2S(=O)(=O)c2ccc(C)s2)c(OC)c1. The minimum atomic E-state index is -3.49. The Balaban J connectivity index is 1.99. The lowest BCUT2D eigenvalue weighted by Crippen LogP contribution is -2.30. The molecule has 1 aromatic carbocycles. The molecular weight excluding hydrogens is 346 g/mol. The van der Waals surface area contributed by atoms with Crippen LogP contribution >= 0.6 is 11.3 Å². The average molecular weight is 367 g/mol. The van der Waals surface area contributed by atoms with Crippen LogP contribution in [0.15, 0.2) is 34.5 Å². The zero-order chi connectivity index (χ0) is 17.3. The largest absolute Gasteiger partial charge is 0.497 e. The van der Waals surface area contributed by atoms with E-state index in [0.29, 0.717) is 22.3 Å². The van der Waals surface area contributed by atoms with Gasteiger partial charge in [-0.05, 0) is 38.0 Å². The summed E-state index contributed by atoms with van der Waals surface area (Å²) in [6.45, 7) is 2.44. The van der Waals surface area contributed by atoms with Crippen molar-refractivity contribution in [2.24, 2.45) is 0 Å². The maximum atomic E-state index is 13.0. The van der Waals surface area contributed by atoms with Crippen molar-refractivity contribution in [3.8, 4) is 11.5 Å². The topological polar surface area (TPSA) is 55.8 Å². The Bertz CT molecular complexity index is 829. The highest BCUT2D eigenvalue weighted by Crippen LogP contribution is 2.42. The monoisotopic (exact) mass is 367 g/mol. The number of ether oxygens (including phenoxy) is 2. The van der Waals surface area contributed by atoms with E-state index in [9.17, 15) is 8.42 Å². The van der Waals surface area contributed by atoms with Crippen LogP contribution in [0.1, 0.15) is 29.3 Å². The summed E-state index contributed by atoms with van der Waals surface area (Å²) in [4.78, 5) is 0.992. The van der Waals surface area contributed by atoms with E-state index < -0.39 is 10.0 Å². The van der Waals surface area contributed by atoms with Crippen LogP contribution in [0.5, 0.6) is 11.5 Å². The first-order valence-corrected chi connectivity index (χ1v) is 10.0. The van der Waals surface area contributed by atoms with E-state index in [1.807, 2.05) is 25.1 Å². The molecule has 24 heavy (non-hydrogen) atoms. The quantitative estimate of drug-likeness (QED) is 0.810. The second-order valence-electron chi connectivity index (χ2n) is 5.75. The van der Waals surface area contributed by atoms with Crippen molar-refractivity contribution in [1.82, 2.24) is 4.31 Å². The molecule has 1 fully saturated rings. The second kappa shape index (κ2) is 6.74. The first-order chi connectivity index (χ1) is 11.5. The molecule has 0 spiro atoms. The fourth-order valence-corrected chi connectivity index (χ4v) is 6.19. The predicted molar refractivity (Wildman–Crippen MR) is 94.5 cm³/mol.